The first kappa shape index (κ1) is 20.5. The highest BCUT2D eigenvalue weighted by atomic mass is 35.5. The van der Waals surface area contributed by atoms with Gasteiger partial charge in [0.25, 0.3) is 5.91 Å². The average Bonchev–Trinajstić information content (AvgIpc) is 2.90. The van der Waals surface area contributed by atoms with Crippen LogP contribution in [0, 0.1) is 0 Å². The Balaban J connectivity index is 1.80. The highest BCUT2D eigenvalue weighted by Gasteiger charge is 2.51. The van der Waals surface area contributed by atoms with Gasteiger partial charge in [-0.2, -0.15) is 0 Å². The molecule has 6 nitrogen and oxygen atoms in total. The van der Waals surface area contributed by atoms with Crippen LogP contribution in [-0.4, -0.2) is 29.3 Å². The van der Waals surface area contributed by atoms with Crippen LogP contribution in [-0.2, 0) is 15.1 Å². The molecule has 3 rings (SSSR count). The molecule has 0 radical (unpaired) electrons. The van der Waals surface area contributed by atoms with Crippen molar-refractivity contribution in [3.8, 4) is 0 Å². The number of imide groups is 1. The first-order valence-corrected chi connectivity index (χ1v) is 9.56. The molecule has 1 saturated heterocycles. The fraction of sp³-hybridized carbons (Fsp3) is 0.211. The number of nitrogens with zero attached hydrogens (tertiary/aromatic N) is 1. The lowest BCUT2D eigenvalue weighted by molar-refractivity contribution is -0.134. The van der Waals surface area contributed by atoms with E-state index in [0.717, 1.165) is 4.90 Å². The molecule has 1 aliphatic rings. The SMILES string of the molecule is CC[C@@]1(c2ccccc2)NC(=O)N(CC(=O)Nc2c(Cl)cc(Cl)cc2Cl)C1=O. The van der Waals surface area contributed by atoms with Crippen LogP contribution < -0.4 is 10.6 Å². The van der Waals surface area contributed by atoms with Crippen LogP contribution in [0.3, 0.4) is 0 Å². The molecule has 0 unspecified atom stereocenters. The van der Waals surface area contributed by atoms with E-state index in [2.05, 4.69) is 10.6 Å². The zero-order valence-electron chi connectivity index (χ0n) is 14.8. The standard InChI is InChI=1S/C19H16Cl3N3O3/c1-2-19(11-6-4-3-5-7-11)17(27)25(18(28)24-19)10-15(26)23-16-13(21)8-12(20)9-14(16)22/h3-9H,2,10H2,1H3,(H,23,26)(H,24,28)/t19-/m0/s1. The van der Waals surface area contributed by atoms with Gasteiger partial charge < -0.3 is 10.6 Å². The van der Waals surface area contributed by atoms with Crippen LogP contribution in [0.25, 0.3) is 0 Å². The number of rotatable bonds is 5. The maximum atomic E-state index is 13.0. The molecule has 4 amide bonds. The topological polar surface area (TPSA) is 78.5 Å². The van der Waals surface area contributed by atoms with E-state index in [1.54, 1.807) is 31.2 Å². The summed E-state index contributed by atoms with van der Waals surface area (Å²) in [6.07, 6.45) is 0.342. The van der Waals surface area contributed by atoms with Gasteiger partial charge in [0.15, 0.2) is 0 Å². The van der Waals surface area contributed by atoms with Gasteiger partial charge in [0.05, 0.1) is 15.7 Å². The quantitative estimate of drug-likeness (QED) is 0.675. The van der Waals surface area contributed by atoms with Crippen LogP contribution in [0.15, 0.2) is 42.5 Å². The Bertz CT molecular complexity index is 929. The van der Waals surface area contributed by atoms with Crippen molar-refractivity contribution in [3.63, 3.8) is 0 Å². The van der Waals surface area contributed by atoms with Crippen molar-refractivity contribution in [2.75, 3.05) is 11.9 Å². The molecule has 1 atom stereocenters. The van der Waals surface area contributed by atoms with Crippen LogP contribution in [0.2, 0.25) is 15.1 Å². The van der Waals surface area contributed by atoms with Gasteiger partial charge in [0, 0.05) is 5.02 Å². The summed E-state index contributed by atoms with van der Waals surface area (Å²) in [6, 6.07) is 11.1. The number of benzene rings is 2. The Morgan fingerprint density at radius 3 is 2.29 bits per heavy atom. The van der Waals surface area contributed by atoms with E-state index >= 15 is 0 Å². The zero-order valence-corrected chi connectivity index (χ0v) is 17.0. The number of anilines is 1. The molecule has 1 aliphatic heterocycles. The molecule has 1 fully saturated rings. The smallest absolute Gasteiger partial charge is 0.322 e. The predicted molar refractivity (Wildman–Crippen MR) is 109 cm³/mol. The molecule has 1 heterocycles. The lowest BCUT2D eigenvalue weighted by Gasteiger charge is -2.25. The largest absolute Gasteiger partial charge is 0.325 e. The number of halogens is 3. The Morgan fingerprint density at radius 2 is 1.71 bits per heavy atom. The summed E-state index contributed by atoms with van der Waals surface area (Å²) in [6.45, 7) is 1.32. The van der Waals surface area contributed by atoms with Gasteiger partial charge in [0.2, 0.25) is 5.91 Å². The van der Waals surface area contributed by atoms with E-state index in [-0.39, 0.29) is 15.7 Å². The molecule has 0 saturated carbocycles. The average molecular weight is 441 g/mol. The highest BCUT2D eigenvalue weighted by Crippen LogP contribution is 2.34. The summed E-state index contributed by atoms with van der Waals surface area (Å²) in [5.74, 6) is -1.11. The molecule has 0 spiro atoms. The number of carbonyl (C=O) groups excluding carboxylic acids is 3. The van der Waals surface area contributed by atoms with Crippen LogP contribution >= 0.6 is 34.8 Å². The number of carbonyl (C=O) groups is 3. The second-order valence-corrected chi connectivity index (χ2v) is 7.49. The number of hydrogen-bond donors (Lipinski definition) is 2. The summed E-state index contributed by atoms with van der Waals surface area (Å²) in [7, 11) is 0. The first-order chi connectivity index (χ1) is 13.3. The molecule has 0 bridgehead atoms. The monoisotopic (exact) mass is 439 g/mol. The fourth-order valence-corrected chi connectivity index (χ4v) is 4.03. The van der Waals surface area contributed by atoms with Crippen molar-refractivity contribution < 1.29 is 14.4 Å². The third-order valence-electron chi connectivity index (χ3n) is 4.55. The number of amides is 4. The van der Waals surface area contributed by atoms with Crippen molar-refractivity contribution >= 4 is 58.3 Å². The second kappa shape index (κ2) is 7.99. The van der Waals surface area contributed by atoms with E-state index in [9.17, 15) is 14.4 Å². The van der Waals surface area contributed by atoms with Crippen molar-refractivity contribution in [1.82, 2.24) is 10.2 Å². The molecule has 0 aromatic heterocycles. The predicted octanol–water partition coefficient (Wildman–Crippen LogP) is 4.44. The van der Waals surface area contributed by atoms with Gasteiger partial charge in [-0.25, -0.2) is 4.79 Å². The summed E-state index contributed by atoms with van der Waals surface area (Å²) in [5.41, 5.74) is -0.383. The van der Waals surface area contributed by atoms with Gasteiger partial charge in [-0.05, 0) is 24.1 Å². The van der Waals surface area contributed by atoms with E-state index in [0.29, 0.717) is 17.0 Å². The molecular formula is C19H16Cl3N3O3. The minimum absolute atomic E-state index is 0.148. The molecule has 2 aromatic carbocycles. The third kappa shape index (κ3) is 3.68. The molecule has 0 aliphatic carbocycles. The first-order valence-electron chi connectivity index (χ1n) is 8.42. The van der Waals surface area contributed by atoms with Gasteiger partial charge >= 0.3 is 6.03 Å². The minimum atomic E-state index is -1.20. The summed E-state index contributed by atoms with van der Waals surface area (Å²) in [4.78, 5) is 38.8. The molecule has 28 heavy (non-hydrogen) atoms. The maximum Gasteiger partial charge on any atom is 0.325 e. The molecular weight excluding hydrogens is 425 g/mol. The number of hydrogen-bond acceptors (Lipinski definition) is 3. The lowest BCUT2D eigenvalue weighted by atomic mass is 9.87. The van der Waals surface area contributed by atoms with Crippen LogP contribution in [0.1, 0.15) is 18.9 Å². The fourth-order valence-electron chi connectivity index (χ4n) is 3.12. The number of nitrogens with one attached hydrogen (secondary N) is 2. The summed E-state index contributed by atoms with van der Waals surface area (Å²) < 4.78 is 0. The van der Waals surface area contributed by atoms with Crippen molar-refractivity contribution in [2.45, 2.75) is 18.9 Å². The Kier molecular flexibility index (Phi) is 5.84. The molecule has 9 heteroatoms. The normalized spacial score (nSPS) is 18.9. The summed E-state index contributed by atoms with van der Waals surface area (Å²) in [5, 5.41) is 5.86. The van der Waals surface area contributed by atoms with E-state index in [1.165, 1.54) is 12.1 Å². The van der Waals surface area contributed by atoms with Gasteiger partial charge in [0.1, 0.15) is 12.1 Å². The highest BCUT2D eigenvalue weighted by molar-refractivity contribution is 6.42. The van der Waals surface area contributed by atoms with E-state index in [1.807, 2.05) is 6.07 Å². The van der Waals surface area contributed by atoms with E-state index in [4.69, 9.17) is 34.8 Å². The van der Waals surface area contributed by atoms with E-state index < -0.39 is 29.9 Å². The van der Waals surface area contributed by atoms with Crippen LogP contribution in [0.4, 0.5) is 10.5 Å². The molecule has 146 valence electrons. The van der Waals surface area contributed by atoms with Crippen molar-refractivity contribution in [2.24, 2.45) is 0 Å². The van der Waals surface area contributed by atoms with Crippen molar-refractivity contribution in [1.29, 1.82) is 0 Å². The third-order valence-corrected chi connectivity index (χ3v) is 5.36. The Hall–Kier alpha value is -2.28. The van der Waals surface area contributed by atoms with Gasteiger partial charge in [-0.1, -0.05) is 72.1 Å². The maximum absolute atomic E-state index is 13.0. The minimum Gasteiger partial charge on any atom is -0.322 e. The lowest BCUT2D eigenvalue weighted by Crippen LogP contribution is -2.44. The molecule has 2 N–H and O–H groups in total. The van der Waals surface area contributed by atoms with Gasteiger partial charge in [-0.15, -0.1) is 0 Å². The zero-order chi connectivity index (χ0) is 20.5. The van der Waals surface area contributed by atoms with Crippen LogP contribution in [0.5, 0.6) is 0 Å². The number of urea groups is 1. The van der Waals surface area contributed by atoms with Crippen molar-refractivity contribution in [3.05, 3.63) is 63.1 Å². The second-order valence-electron chi connectivity index (χ2n) is 6.24. The van der Waals surface area contributed by atoms with Gasteiger partial charge in [-0.3, -0.25) is 14.5 Å². The molecule has 2 aromatic rings. The Labute approximate surface area is 176 Å². The summed E-state index contributed by atoms with van der Waals surface area (Å²) >= 11 is 18.0. The Morgan fingerprint density at radius 1 is 1.11 bits per heavy atom.